The highest BCUT2D eigenvalue weighted by molar-refractivity contribution is 9.11. The number of hydrogen-bond acceptors (Lipinski definition) is 2. The molecule has 1 aliphatic heterocycles. The highest BCUT2D eigenvalue weighted by atomic mass is 79.9. The van der Waals surface area contributed by atoms with Crippen molar-refractivity contribution < 1.29 is 0 Å². The van der Waals surface area contributed by atoms with Gasteiger partial charge in [-0.3, -0.25) is 0 Å². The van der Waals surface area contributed by atoms with Crippen LogP contribution >= 0.6 is 15.9 Å². The molecule has 58 valence electrons. The van der Waals surface area contributed by atoms with E-state index in [1.54, 1.807) is 0 Å². The van der Waals surface area contributed by atoms with Crippen molar-refractivity contribution in [2.75, 3.05) is 0 Å². The first kappa shape index (κ1) is 7.10. The van der Waals surface area contributed by atoms with Crippen LogP contribution in [0.25, 0.3) is 0 Å². The molecule has 1 heterocycles. The predicted molar refractivity (Wildman–Crippen MR) is 49.7 cm³/mol. The first-order valence-electron chi connectivity index (χ1n) is 3.69. The van der Waals surface area contributed by atoms with Crippen LogP contribution in [0.4, 0.5) is 0 Å². The molecule has 2 unspecified atom stereocenters. The normalized spacial score (nSPS) is 34.1. The van der Waals surface area contributed by atoms with Crippen molar-refractivity contribution in [3.8, 4) is 0 Å². The Balaban J connectivity index is 2.21. The Bertz CT molecular complexity index is 242. The Labute approximate surface area is 74.2 Å². The van der Waals surface area contributed by atoms with E-state index in [-0.39, 0.29) is 0 Å². The molecule has 3 heteroatoms. The molecule has 0 aromatic rings. The second kappa shape index (κ2) is 2.81. The molecule has 0 radical (unpaired) electrons. The molecule has 1 aliphatic carbocycles. The van der Waals surface area contributed by atoms with Gasteiger partial charge in [0.15, 0.2) is 0 Å². The zero-order chi connectivity index (χ0) is 7.68. The van der Waals surface area contributed by atoms with Crippen LogP contribution in [0, 0.1) is 5.92 Å². The van der Waals surface area contributed by atoms with Crippen molar-refractivity contribution in [1.29, 1.82) is 0 Å². The lowest BCUT2D eigenvalue weighted by atomic mass is 9.92. The lowest BCUT2D eigenvalue weighted by molar-refractivity contribution is 0.472. The summed E-state index contributed by atoms with van der Waals surface area (Å²) in [7, 11) is 0. The first-order valence-corrected chi connectivity index (χ1v) is 4.48. The molecular formula is C8H9BrN2. The molecule has 11 heavy (non-hydrogen) atoms. The van der Waals surface area contributed by atoms with Gasteiger partial charge in [0, 0.05) is 16.6 Å². The highest BCUT2D eigenvalue weighted by Gasteiger charge is 2.20. The van der Waals surface area contributed by atoms with Gasteiger partial charge in [-0.15, -0.1) is 0 Å². The fraction of sp³-hybridized carbons (Fsp3) is 0.375. The molecule has 2 nitrogen and oxygen atoms in total. The van der Waals surface area contributed by atoms with E-state index < -0.39 is 0 Å². The van der Waals surface area contributed by atoms with Gasteiger partial charge in [-0.25, -0.2) is 0 Å². The molecular weight excluding hydrogens is 204 g/mol. The van der Waals surface area contributed by atoms with E-state index in [1.165, 1.54) is 4.48 Å². The Morgan fingerprint density at radius 3 is 3.45 bits per heavy atom. The zero-order valence-electron chi connectivity index (χ0n) is 6.00. The minimum Gasteiger partial charge on any atom is -0.303 e. The lowest BCUT2D eigenvalue weighted by Crippen LogP contribution is -2.35. The summed E-state index contributed by atoms with van der Waals surface area (Å²) in [5, 5.41) is 4.02. The van der Waals surface area contributed by atoms with Crippen LogP contribution in [0.1, 0.15) is 6.42 Å². The van der Waals surface area contributed by atoms with Crippen molar-refractivity contribution in [1.82, 2.24) is 5.43 Å². The van der Waals surface area contributed by atoms with E-state index in [2.05, 4.69) is 44.7 Å². The van der Waals surface area contributed by atoms with Crippen LogP contribution in [0.3, 0.4) is 0 Å². The van der Waals surface area contributed by atoms with Crippen LogP contribution in [0.2, 0.25) is 0 Å². The third kappa shape index (κ3) is 1.38. The maximum Gasteiger partial charge on any atom is 0.0690 e. The lowest BCUT2D eigenvalue weighted by Gasteiger charge is -2.26. The molecule has 0 aromatic carbocycles. The summed E-state index contributed by atoms with van der Waals surface area (Å²) in [5.41, 5.74) is 3.06. The molecule has 2 aliphatic rings. The number of hydrogen-bond donors (Lipinski definition) is 1. The SMILES string of the molecule is BrC1=CC2CC=NNC2C=C1. The van der Waals surface area contributed by atoms with Gasteiger partial charge in [-0.2, -0.15) is 5.10 Å². The zero-order valence-corrected chi connectivity index (χ0v) is 7.58. The van der Waals surface area contributed by atoms with Gasteiger partial charge in [0.05, 0.1) is 6.04 Å². The van der Waals surface area contributed by atoms with Gasteiger partial charge in [-0.05, 0) is 6.42 Å². The number of halogens is 1. The van der Waals surface area contributed by atoms with E-state index in [4.69, 9.17) is 0 Å². The monoisotopic (exact) mass is 212 g/mol. The molecule has 0 bridgehead atoms. The highest BCUT2D eigenvalue weighted by Crippen LogP contribution is 2.24. The number of fused-ring (bicyclic) bond motifs is 1. The van der Waals surface area contributed by atoms with Gasteiger partial charge in [0.1, 0.15) is 0 Å². The Kier molecular flexibility index (Phi) is 1.82. The summed E-state index contributed by atoms with van der Waals surface area (Å²) < 4.78 is 1.18. The summed E-state index contributed by atoms with van der Waals surface area (Å²) in [5.74, 6) is 0.576. The minimum absolute atomic E-state index is 0.404. The molecule has 2 atom stereocenters. The quantitative estimate of drug-likeness (QED) is 0.651. The predicted octanol–water partition coefficient (Wildman–Crippen LogP) is 1.80. The number of rotatable bonds is 0. The van der Waals surface area contributed by atoms with Gasteiger partial charge in [0.25, 0.3) is 0 Å². The average Bonchev–Trinajstić information content (AvgIpc) is 2.04. The fourth-order valence-corrected chi connectivity index (χ4v) is 1.86. The van der Waals surface area contributed by atoms with Crippen LogP contribution in [-0.4, -0.2) is 12.3 Å². The van der Waals surface area contributed by atoms with E-state index in [1.807, 2.05) is 6.21 Å². The van der Waals surface area contributed by atoms with Crippen molar-refractivity contribution in [2.45, 2.75) is 12.5 Å². The summed E-state index contributed by atoms with van der Waals surface area (Å²) in [4.78, 5) is 0. The molecule has 0 aromatic heterocycles. The summed E-state index contributed by atoms with van der Waals surface area (Å²) >= 11 is 3.45. The van der Waals surface area contributed by atoms with Gasteiger partial charge in [0.2, 0.25) is 0 Å². The Morgan fingerprint density at radius 2 is 2.55 bits per heavy atom. The second-order valence-electron chi connectivity index (χ2n) is 2.78. The van der Waals surface area contributed by atoms with Crippen molar-refractivity contribution in [3.05, 3.63) is 22.7 Å². The molecule has 1 N–H and O–H groups in total. The number of nitrogens with zero attached hydrogens (tertiary/aromatic N) is 1. The first-order chi connectivity index (χ1) is 5.36. The van der Waals surface area contributed by atoms with Crippen LogP contribution in [0.5, 0.6) is 0 Å². The van der Waals surface area contributed by atoms with Crippen molar-refractivity contribution in [2.24, 2.45) is 11.0 Å². The largest absolute Gasteiger partial charge is 0.303 e. The molecule has 0 amide bonds. The topological polar surface area (TPSA) is 24.4 Å². The minimum atomic E-state index is 0.404. The smallest absolute Gasteiger partial charge is 0.0690 e. The average molecular weight is 213 g/mol. The Morgan fingerprint density at radius 1 is 1.64 bits per heavy atom. The summed E-state index contributed by atoms with van der Waals surface area (Å²) in [6, 6.07) is 0.404. The molecule has 0 saturated heterocycles. The third-order valence-corrected chi connectivity index (χ3v) is 2.52. The van der Waals surface area contributed by atoms with E-state index in [9.17, 15) is 0 Å². The summed E-state index contributed by atoms with van der Waals surface area (Å²) in [6.45, 7) is 0. The summed E-state index contributed by atoms with van der Waals surface area (Å²) in [6.07, 6.45) is 9.40. The van der Waals surface area contributed by atoms with E-state index in [0.717, 1.165) is 6.42 Å². The second-order valence-corrected chi connectivity index (χ2v) is 3.69. The molecule has 0 saturated carbocycles. The molecule has 0 fully saturated rings. The van der Waals surface area contributed by atoms with Crippen molar-refractivity contribution in [3.63, 3.8) is 0 Å². The number of nitrogens with one attached hydrogen (secondary N) is 1. The van der Waals surface area contributed by atoms with Gasteiger partial charge < -0.3 is 5.43 Å². The van der Waals surface area contributed by atoms with Crippen molar-refractivity contribution >= 4 is 22.1 Å². The van der Waals surface area contributed by atoms with Gasteiger partial charge >= 0.3 is 0 Å². The van der Waals surface area contributed by atoms with Crippen LogP contribution < -0.4 is 5.43 Å². The maximum absolute atomic E-state index is 4.02. The van der Waals surface area contributed by atoms with Crippen LogP contribution in [-0.2, 0) is 0 Å². The molecule has 0 spiro atoms. The molecule has 2 rings (SSSR count). The number of allylic oxidation sites excluding steroid dienone is 2. The Hall–Kier alpha value is -0.570. The maximum atomic E-state index is 4.02. The van der Waals surface area contributed by atoms with E-state index >= 15 is 0 Å². The van der Waals surface area contributed by atoms with Crippen LogP contribution in [0.15, 0.2) is 27.8 Å². The van der Waals surface area contributed by atoms with E-state index in [0.29, 0.717) is 12.0 Å². The fourth-order valence-electron chi connectivity index (χ4n) is 1.37. The van der Waals surface area contributed by atoms with Gasteiger partial charge in [-0.1, -0.05) is 34.2 Å². The number of hydrazone groups is 1. The third-order valence-electron chi connectivity index (χ3n) is 1.99. The standard InChI is InChI=1S/C8H9BrN2/c9-7-1-2-8-6(5-7)3-4-10-11-8/h1-2,4-6,8,11H,3H2.